The molecule has 1 saturated carbocycles. The Labute approximate surface area is 86.1 Å². The lowest BCUT2D eigenvalue weighted by Gasteiger charge is -2.05. The van der Waals surface area contributed by atoms with Crippen molar-refractivity contribution in [3.05, 3.63) is 28.0 Å². The summed E-state index contributed by atoms with van der Waals surface area (Å²) in [5, 5.41) is 9.64. The van der Waals surface area contributed by atoms with Gasteiger partial charge in [0.1, 0.15) is 10.3 Å². The van der Waals surface area contributed by atoms with Crippen LogP contribution in [0.3, 0.4) is 0 Å². The van der Waals surface area contributed by atoms with Gasteiger partial charge in [-0.2, -0.15) is 5.26 Å². The van der Waals surface area contributed by atoms with Crippen LogP contribution in [0, 0.1) is 11.3 Å². The maximum absolute atomic E-state index is 8.94. The largest absolute Gasteiger partial charge is 0.224 e. The van der Waals surface area contributed by atoms with Crippen LogP contribution in [0.2, 0.25) is 10.3 Å². The first-order valence-corrected chi connectivity index (χ1v) is 4.67. The summed E-state index contributed by atoms with van der Waals surface area (Å²) in [5.41, 5.74) is 0.552. The van der Waals surface area contributed by atoms with Crippen molar-refractivity contribution in [2.24, 2.45) is 0 Å². The van der Waals surface area contributed by atoms with E-state index < -0.39 is 0 Å². The smallest absolute Gasteiger partial charge is 0.131 e. The summed E-state index contributed by atoms with van der Waals surface area (Å²) in [6.45, 7) is 0. The first-order chi connectivity index (χ1) is 6.16. The van der Waals surface area contributed by atoms with Gasteiger partial charge in [-0.05, 0) is 30.5 Å². The molecule has 0 bridgehead atoms. The Bertz CT molecular complexity index is 371. The van der Waals surface area contributed by atoms with Crippen LogP contribution in [-0.4, -0.2) is 4.98 Å². The Morgan fingerprint density at radius 2 is 1.85 bits per heavy atom. The molecule has 1 aliphatic rings. The van der Waals surface area contributed by atoms with E-state index in [0.29, 0.717) is 10.3 Å². The van der Waals surface area contributed by atoms with E-state index in [1.807, 2.05) is 0 Å². The van der Waals surface area contributed by atoms with Gasteiger partial charge in [0.2, 0.25) is 0 Å². The molecule has 2 nitrogen and oxygen atoms in total. The molecular weight excluding hydrogens is 207 g/mol. The number of halogens is 2. The second-order valence-corrected chi connectivity index (χ2v) is 3.97. The second kappa shape index (κ2) is 2.87. The number of nitriles is 1. The van der Waals surface area contributed by atoms with E-state index in [4.69, 9.17) is 28.5 Å². The SMILES string of the molecule is N#CC1(c2cc(Cl)nc(Cl)c2)CC1. The molecule has 0 radical (unpaired) electrons. The third-order valence-corrected chi connectivity index (χ3v) is 2.67. The molecule has 2 rings (SSSR count). The van der Waals surface area contributed by atoms with Gasteiger partial charge in [-0.1, -0.05) is 23.2 Å². The van der Waals surface area contributed by atoms with Crippen LogP contribution in [0.4, 0.5) is 0 Å². The molecule has 4 heteroatoms. The van der Waals surface area contributed by atoms with Gasteiger partial charge in [-0.25, -0.2) is 4.98 Å². The molecule has 1 fully saturated rings. The molecule has 0 spiro atoms. The summed E-state index contributed by atoms with van der Waals surface area (Å²) >= 11 is 11.5. The summed E-state index contributed by atoms with van der Waals surface area (Å²) in [7, 11) is 0. The lowest BCUT2D eigenvalue weighted by Crippen LogP contribution is -2.02. The minimum absolute atomic E-state index is 0.337. The van der Waals surface area contributed by atoms with Crippen LogP contribution < -0.4 is 0 Å². The van der Waals surface area contributed by atoms with Gasteiger partial charge in [0, 0.05) is 0 Å². The fourth-order valence-corrected chi connectivity index (χ4v) is 1.79. The average molecular weight is 213 g/mol. The zero-order valence-electron chi connectivity index (χ0n) is 6.72. The molecule has 13 heavy (non-hydrogen) atoms. The molecule has 0 amide bonds. The highest BCUT2D eigenvalue weighted by Crippen LogP contribution is 2.48. The van der Waals surface area contributed by atoms with Crippen LogP contribution in [0.5, 0.6) is 0 Å². The predicted octanol–water partition coefficient (Wildman–Crippen LogP) is 2.94. The van der Waals surface area contributed by atoms with Crippen molar-refractivity contribution in [2.75, 3.05) is 0 Å². The quantitative estimate of drug-likeness (QED) is 0.672. The van der Waals surface area contributed by atoms with Gasteiger partial charge in [0.15, 0.2) is 0 Å². The van der Waals surface area contributed by atoms with Gasteiger partial charge in [-0.15, -0.1) is 0 Å². The molecule has 66 valence electrons. The van der Waals surface area contributed by atoms with Crippen molar-refractivity contribution in [1.29, 1.82) is 5.26 Å². The topological polar surface area (TPSA) is 36.7 Å². The van der Waals surface area contributed by atoms with Crippen LogP contribution in [-0.2, 0) is 5.41 Å². The molecule has 0 N–H and O–H groups in total. The van der Waals surface area contributed by atoms with Crippen LogP contribution >= 0.6 is 23.2 Å². The van der Waals surface area contributed by atoms with Crippen molar-refractivity contribution in [2.45, 2.75) is 18.3 Å². The molecule has 0 atom stereocenters. The fourth-order valence-electron chi connectivity index (χ4n) is 1.33. The van der Waals surface area contributed by atoms with Crippen molar-refractivity contribution in [3.63, 3.8) is 0 Å². The van der Waals surface area contributed by atoms with Crippen molar-refractivity contribution < 1.29 is 0 Å². The molecule has 1 aromatic heterocycles. The van der Waals surface area contributed by atoms with Crippen molar-refractivity contribution >= 4 is 23.2 Å². The maximum atomic E-state index is 8.94. The summed E-state index contributed by atoms with van der Waals surface area (Å²) in [5.74, 6) is 0. The highest BCUT2D eigenvalue weighted by atomic mass is 35.5. The minimum atomic E-state index is -0.337. The third-order valence-electron chi connectivity index (χ3n) is 2.28. The number of hydrogen-bond acceptors (Lipinski definition) is 2. The summed E-state index contributed by atoms with van der Waals surface area (Å²) in [6.07, 6.45) is 1.78. The average Bonchev–Trinajstić information content (AvgIpc) is 2.82. The Kier molecular flexibility index (Phi) is 1.94. The summed E-state index contributed by atoms with van der Waals surface area (Å²) in [4.78, 5) is 3.83. The van der Waals surface area contributed by atoms with Gasteiger partial charge in [0.05, 0.1) is 11.5 Å². The number of rotatable bonds is 1. The summed E-state index contributed by atoms with van der Waals surface area (Å²) < 4.78 is 0. The van der Waals surface area contributed by atoms with Crippen molar-refractivity contribution in [3.8, 4) is 6.07 Å². The molecular formula is C9H6Cl2N2. The van der Waals surface area contributed by atoms with E-state index in [1.165, 1.54) is 0 Å². The molecule has 0 aliphatic heterocycles. The normalized spacial score (nSPS) is 17.9. The monoisotopic (exact) mass is 212 g/mol. The number of aromatic nitrogens is 1. The Morgan fingerprint density at radius 1 is 1.31 bits per heavy atom. The predicted molar refractivity (Wildman–Crippen MR) is 50.8 cm³/mol. The first kappa shape index (κ1) is 8.80. The van der Waals surface area contributed by atoms with Gasteiger partial charge in [0.25, 0.3) is 0 Å². The lowest BCUT2D eigenvalue weighted by molar-refractivity contribution is 0.903. The zero-order valence-corrected chi connectivity index (χ0v) is 8.23. The van der Waals surface area contributed by atoms with E-state index in [1.54, 1.807) is 12.1 Å². The van der Waals surface area contributed by atoms with Crippen LogP contribution in [0.25, 0.3) is 0 Å². The second-order valence-electron chi connectivity index (χ2n) is 3.20. The Balaban J connectivity index is 2.48. The molecule has 0 unspecified atom stereocenters. The lowest BCUT2D eigenvalue weighted by atomic mass is 9.99. The van der Waals surface area contributed by atoms with E-state index in [9.17, 15) is 0 Å². The molecule has 1 aliphatic carbocycles. The molecule has 1 aromatic rings. The Hall–Kier alpha value is -0.780. The minimum Gasteiger partial charge on any atom is -0.224 e. The van der Waals surface area contributed by atoms with Crippen LogP contribution in [0.15, 0.2) is 12.1 Å². The molecule has 0 saturated heterocycles. The molecule has 1 heterocycles. The molecule has 0 aromatic carbocycles. The van der Waals surface area contributed by atoms with Crippen molar-refractivity contribution in [1.82, 2.24) is 4.98 Å². The van der Waals surface area contributed by atoms with E-state index >= 15 is 0 Å². The number of pyridine rings is 1. The standard InChI is InChI=1S/C9H6Cl2N2/c10-7-3-6(4-8(11)13-7)9(5-12)1-2-9/h3-4H,1-2H2. The van der Waals surface area contributed by atoms with Gasteiger partial charge in [-0.3, -0.25) is 0 Å². The zero-order chi connectivity index (χ0) is 9.47. The van der Waals surface area contributed by atoms with Gasteiger partial charge < -0.3 is 0 Å². The Morgan fingerprint density at radius 3 is 2.23 bits per heavy atom. The van der Waals surface area contributed by atoms with Crippen LogP contribution in [0.1, 0.15) is 18.4 Å². The maximum Gasteiger partial charge on any atom is 0.131 e. The highest BCUT2D eigenvalue weighted by molar-refractivity contribution is 6.32. The third kappa shape index (κ3) is 1.50. The summed E-state index contributed by atoms with van der Waals surface area (Å²) in [6, 6.07) is 5.70. The number of nitrogens with zero attached hydrogens (tertiary/aromatic N) is 2. The van der Waals surface area contributed by atoms with Gasteiger partial charge >= 0.3 is 0 Å². The van der Waals surface area contributed by atoms with E-state index in [0.717, 1.165) is 18.4 Å². The fraction of sp³-hybridized carbons (Fsp3) is 0.333. The van der Waals surface area contributed by atoms with E-state index in [-0.39, 0.29) is 5.41 Å². The number of hydrogen-bond donors (Lipinski definition) is 0. The van der Waals surface area contributed by atoms with E-state index in [2.05, 4.69) is 11.1 Å². The first-order valence-electron chi connectivity index (χ1n) is 3.91. The highest BCUT2D eigenvalue weighted by Gasteiger charge is 2.45.